The second-order valence-corrected chi connectivity index (χ2v) is 7.05. The Morgan fingerprint density at radius 3 is 3.04 bits per heavy atom. The summed E-state index contributed by atoms with van der Waals surface area (Å²) in [5.74, 6) is 1.67. The van der Waals surface area contributed by atoms with E-state index in [0.29, 0.717) is 6.54 Å². The van der Waals surface area contributed by atoms with Crippen LogP contribution >= 0.6 is 11.3 Å². The first-order valence-corrected chi connectivity index (χ1v) is 9.19. The molecule has 1 aliphatic rings. The van der Waals surface area contributed by atoms with Crippen LogP contribution in [-0.4, -0.2) is 42.7 Å². The monoisotopic (exact) mass is 347 g/mol. The highest BCUT2D eigenvalue weighted by atomic mass is 32.1. The SMILES string of the molecule is CN=C(NCCN1CCc2sccc2C1)NCc1c(C)noc1C. The van der Waals surface area contributed by atoms with Gasteiger partial charge < -0.3 is 15.2 Å². The van der Waals surface area contributed by atoms with E-state index in [9.17, 15) is 0 Å². The summed E-state index contributed by atoms with van der Waals surface area (Å²) < 4.78 is 5.19. The molecule has 0 unspecified atom stereocenters. The maximum Gasteiger partial charge on any atom is 0.191 e. The molecular formula is C17H25N5OS. The van der Waals surface area contributed by atoms with E-state index in [2.05, 4.69) is 37.1 Å². The number of hydrogen-bond donors (Lipinski definition) is 2. The highest BCUT2D eigenvalue weighted by Gasteiger charge is 2.16. The number of hydrogen-bond acceptors (Lipinski definition) is 5. The summed E-state index contributed by atoms with van der Waals surface area (Å²) >= 11 is 1.88. The molecule has 2 aromatic rings. The van der Waals surface area contributed by atoms with Crippen molar-refractivity contribution in [1.82, 2.24) is 20.7 Å². The van der Waals surface area contributed by atoms with Gasteiger partial charge in [-0.05, 0) is 37.3 Å². The van der Waals surface area contributed by atoms with E-state index < -0.39 is 0 Å². The number of aromatic nitrogens is 1. The van der Waals surface area contributed by atoms with Gasteiger partial charge in [0.1, 0.15) is 5.76 Å². The van der Waals surface area contributed by atoms with Gasteiger partial charge in [0, 0.05) is 50.2 Å². The van der Waals surface area contributed by atoms with Crippen LogP contribution in [0.15, 0.2) is 21.0 Å². The Morgan fingerprint density at radius 1 is 1.42 bits per heavy atom. The van der Waals surface area contributed by atoms with Crippen LogP contribution in [0.25, 0.3) is 0 Å². The van der Waals surface area contributed by atoms with Gasteiger partial charge in [-0.2, -0.15) is 0 Å². The molecule has 2 aromatic heterocycles. The van der Waals surface area contributed by atoms with E-state index >= 15 is 0 Å². The zero-order valence-corrected chi connectivity index (χ0v) is 15.4. The normalized spacial score (nSPS) is 15.4. The van der Waals surface area contributed by atoms with Crippen LogP contribution in [-0.2, 0) is 19.5 Å². The minimum absolute atomic E-state index is 0.669. The number of aryl methyl sites for hydroxylation is 2. The zero-order valence-electron chi connectivity index (χ0n) is 14.6. The third-order valence-corrected chi connectivity index (χ3v) is 5.47. The summed E-state index contributed by atoms with van der Waals surface area (Å²) in [6.07, 6.45) is 1.17. The van der Waals surface area contributed by atoms with Crippen LogP contribution in [0, 0.1) is 13.8 Å². The predicted octanol–water partition coefficient (Wildman–Crippen LogP) is 2.08. The average molecular weight is 347 g/mol. The van der Waals surface area contributed by atoms with Crippen molar-refractivity contribution in [2.75, 3.05) is 26.7 Å². The second-order valence-electron chi connectivity index (χ2n) is 6.05. The lowest BCUT2D eigenvalue weighted by atomic mass is 10.1. The molecule has 0 aliphatic carbocycles. The minimum atomic E-state index is 0.669. The largest absolute Gasteiger partial charge is 0.361 e. The van der Waals surface area contributed by atoms with Crippen molar-refractivity contribution < 1.29 is 4.52 Å². The van der Waals surface area contributed by atoms with E-state index in [0.717, 1.165) is 49.2 Å². The highest BCUT2D eigenvalue weighted by molar-refractivity contribution is 7.10. The second kappa shape index (κ2) is 7.81. The third kappa shape index (κ3) is 3.96. The van der Waals surface area contributed by atoms with E-state index in [4.69, 9.17) is 4.52 Å². The van der Waals surface area contributed by atoms with Gasteiger partial charge in [0.2, 0.25) is 0 Å². The summed E-state index contributed by atoms with van der Waals surface area (Å²) in [6.45, 7) is 8.65. The Morgan fingerprint density at radius 2 is 2.29 bits per heavy atom. The molecule has 24 heavy (non-hydrogen) atoms. The minimum Gasteiger partial charge on any atom is -0.361 e. The van der Waals surface area contributed by atoms with Crippen LogP contribution < -0.4 is 10.6 Å². The topological polar surface area (TPSA) is 65.7 Å². The molecule has 0 aromatic carbocycles. The maximum absolute atomic E-state index is 5.19. The molecule has 1 aliphatic heterocycles. The maximum atomic E-state index is 5.19. The van der Waals surface area contributed by atoms with Gasteiger partial charge in [-0.15, -0.1) is 11.3 Å². The molecular weight excluding hydrogens is 322 g/mol. The average Bonchev–Trinajstić information content (AvgIpc) is 3.17. The molecule has 0 radical (unpaired) electrons. The summed E-state index contributed by atoms with van der Waals surface area (Å²) in [7, 11) is 1.79. The van der Waals surface area contributed by atoms with E-state index in [1.165, 1.54) is 12.0 Å². The molecule has 0 spiro atoms. The quantitative estimate of drug-likeness (QED) is 0.640. The summed E-state index contributed by atoms with van der Waals surface area (Å²) in [4.78, 5) is 8.33. The van der Waals surface area contributed by atoms with Crippen molar-refractivity contribution in [1.29, 1.82) is 0 Å². The van der Waals surface area contributed by atoms with Crippen molar-refractivity contribution in [3.63, 3.8) is 0 Å². The van der Waals surface area contributed by atoms with Crippen molar-refractivity contribution in [2.45, 2.75) is 33.4 Å². The van der Waals surface area contributed by atoms with Crippen LogP contribution in [0.2, 0.25) is 0 Å². The molecule has 6 nitrogen and oxygen atoms in total. The molecule has 3 heterocycles. The summed E-state index contributed by atoms with van der Waals surface area (Å²) in [5.41, 5.74) is 3.52. The predicted molar refractivity (Wildman–Crippen MR) is 97.5 cm³/mol. The van der Waals surface area contributed by atoms with E-state index in [-0.39, 0.29) is 0 Å². The molecule has 0 saturated carbocycles. The van der Waals surface area contributed by atoms with Crippen molar-refractivity contribution in [2.24, 2.45) is 4.99 Å². The lowest BCUT2D eigenvalue weighted by molar-refractivity contribution is 0.260. The molecule has 0 atom stereocenters. The first-order chi connectivity index (χ1) is 11.7. The first kappa shape index (κ1) is 17.0. The van der Waals surface area contributed by atoms with Gasteiger partial charge in [-0.3, -0.25) is 9.89 Å². The van der Waals surface area contributed by atoms with Crippen LogP contribution in [0.4, 0.5) is 0 Å². The summed E-state index contributed by atoms with van der Waals surface area (Å²) in [6, 6.07) is 2.25. The van der Waals surface area contributed by atoms with Gasteiger partial charge >= 0.3 is 0 Å². The molecule has 130 valence electrons. The van der Waals surface area contributed by atoms with Crippen LogP contribution in [0.1, 0.15) is 27.5 Å². The first-order valence-electron chi connectivity index (χ1n) is 8.31. The van der Waals surface area contributed by atoms with E-state index in [1.54, 1.807) is 11.9 Å². The Bertz CT molecular complexity index is 686. The van der Waals surface area contributed by atoms with Gasteiger partial charge in [-0.1, -0.05) is 5.16 Å². The van der Waals surface area contributed by atoms with Crippen molar-refractivity contribution in [3.8, 4) is 0 Å². The Hall–Kier alpha value is -1.86. The molecule has 0 bridgehead atoms. The number of aliphatic imine (C=N–C) groups is 1. The number of thiophene rings is 1. The number of rotatable bonds is 5. The van der Waals surface area contributed by atoms with Gasteiger partial charge in [0.05, 0.1) is 5.69 Å². The number of fused-ring (bicyclic) bond motifs is 1. The smallest absolute Gasteiger partial charge is 0.191 e. The highest BCUT2D eigenvalue weighted by Crippen LogP contribution is 2.23. The van der Waals surface area contributed by atoms with Crippen molar-refractivity contribution in [3.05, 3.63) is 38.9 Å². The number of guanidine groups is 1. The fourth-order valence-electron chi connectivity index (χ4n) is 2.98. The van der Waals surface area contributed by atoms with E-state index in [1.807, 2.05) is 25.2 Å². The molecule has 0 amide bonds. The van der Waals surface area contributed by atoms with Crippen molar-refractivity contribution >= 4 is 17.3 Å². The number of nitrogens with zero attached hydrogens (tertiary/aromatic N) is 3. The summed E-state index contributed by atoms with van der Waals surface area (Å²) in [5, 5.41) is 12.9. The Balaban J connectivity index is 1.42. The molecule has 7 heteroatoms. The number of nitrogens with one attached hydrogen (secondary N) is 2. The molecule has 2 N–H and O–H groups in total. The molecule has 0 fully saturated rings. The lowest BCUT2D eigenvalue weighted by Gasteiger charge is -2.27. The molecule has 0 saturated heterocycles. The third-order valence-electron chi connectivity index (χ3n) is 4.44. The van der Waals surface area contributed by atoms with Crippen LogP contribution in [0.3, 0.4) is 0 Å². The van der Waals surface area contributed by atoms with Gasteiger partial charge in [0.25, 0.3) is 0 Å². The fraction of sp³-hybridized carbons (Fsp3) is 0.529. The van der Waals surface area contributed by atoms with Gasteiger partial charge in [0.15, 0.2) is 5.96 Å². The standard InChI is InChI=1S/C17H25N5OS/c1-12-15(13(2)23-21-12)10-20-17(18-3)19-6-8-22-7-4-16-14(11-22)5-9-24-16/h5,9H,4,6-8,10-11H2,1-3H3,(H2,18,19,20). The van der Waals surface area contributed by atoms with Gasteiger partial charge in [-0.25, -0.2) is 0 Å². The Kier molecular flexibility index (Phi) is 5.52. The molecule has 3 rings (SSSR count). The van der Waals surface area contributed by atoms with Crippen LogP contribution in [0.5, 0.6) is 0 Å². The Labute approximate surface area is 146 Å². The lowest BCUT2D eigenvalue weighted by Crippen LogP contribution is -2.42. The fourth-order valence-corrected chi connectivity index (χ4v) is 3.87. The zero-order chi connectivity index (χ0) is 16.9.